The van der Waals surface area contributed by atoms with Crippen LogP contribution in [0.3, 0.4) is 0 Å². The molecule has 3 heteroatoms. The van der Waals surface area contributed by atoms with Gasteiger partial charge < -0.3 is 10.0 Å². The first-order valence-electron chi connectivity index (χ1n) is 8.72. The molecule has 3 nitrogen and oxygen atoms in total. The van der Waals surface area contributed by atoms with E-state index in [-0.39, 0.29) is 6.42 Å². The molecule has 1 fully saturated rings. The van der Waals surface area contributed by atoms with E-state index in [0.717, 1.165) is 46.1 Å². The van der Waals surface area contributed by atoms with Crippen molar-refractivity contribution in [1.82, 2.24) is 0 Å². The van der Waals surface area contributed by atoms with E-state index in [0.29, 0.717) is 0 Å². The third kappa shape index (κ3) is 2.86. The Kier molecular flexibility index (Phi) is 3.92. The van der Waals surface area contributed by atoms with Crippen LogP contribution in [-0.4, -0.2) is 24.2 Å². The lowest BCUT2D eigenvalue weighted by Gasteiger charge is -2.33. The molecule has 25 heavy (non-hydrogen) atoms. The molecule has 0 aromatic heterocycles. The van der Waals surface area contributed by atoms with E-state index in [9.17, 15) is 9.90 Å². The van der Waals surface area contributed by atoms with Crippen molar-refractivity contribution in [3.8, 4) is 11.1 Å². The fourth-order valence-electron chi connectivity index (χ4n) is 3.67. The van der Waals surface area contributed by atoms with Gasteiger partial charge in [-0.3, -0.25) is 4.79 Å². The van der Waals surface area contributed by atoms with Crippen LogP contribution in [0.4, 0.5) is 5.69 Å². The maximum absolute atomic E-state index is 11.5. The smallest absolute Gasteiger partial charge is 0.307 e. The minimum absolute atomic E-state index is 0.0416. The maximum atomic E-state index is 11.5. The Morgan fingerprint density at radius 3 is 2.60 bits per heavy atom. The van der Waals surface area contributed by atoms with E-state index in [1.165, 1.54) is 12.1 Å². The van der Waals surface area contributed by atoms with E-state index in [1.54, 1.807) is 0 Å². The fraction of sp³-hybridized carbons (Fsp3) is 0.227. The van der Waals surface area contributed by atoms with Gasteiger partial charge in [0.15, 0.2) is 0 Å². The van der Waals surface area contributed by atoms with Gasteiger partial charge in [0.2, 0.25) is 0 Å². The SMILES string of the molecule is Cc1cc2ccccc2c(-c2cccc(N3CCC3)c2)c1CC(=O)O. The zero-order valence-corrected chi connectivity index (χ0v) is 14.3. The van der Waals surface area contributed by atoms with Crippen LogP contribution >= 0.6 is 0 Å². The molecular weight excluding hydrogens is 310 g/mol. The molecule has 3 aromatic carbocycles. The lowest BCUT2D eigenvalue weighted by atomic mass is 9.88. The second-order valence-electron chi connectivity index (χ2n) is 6.73. The molecule has 0 bridgehead atoms. The number of anilines is 1. The van der Waals surface area contributed by atoms with Gasteiger partial charge in [-0.05, 0) is 58.5 Å². The number of hydrogen-bond acceptors (Lipinski definition) is 2. The predicted molar refractivity (Wildman–Crippen MR) is 102 cm³/mol. The normalized spacial score (nSPS) is 13.7. The van der Waals surface area contributed by atoms with Gasteiger partial charge in [-0.25, -0.2) is 0 Å². The zero-order chi connectivity index (χ0) is 17.4. The van der Waals surface area contributed by atoms with Crippen molar-refractivity contribution in [3.63, 3.8) is 0 Å². The van der Waals surface area contributed by atoms with Crippen molar-refractivity contribution < 1.29 is 9.90 Å². The van der Waals surface area contributed by atoms with Gasteiger partial charge in [0.05, 0.1) is 6.42 Å². The van der Waals surface area contributed by atoms with E-state index in [4.69, 9.17) is 0 Å². The fourth-order valence-corrected chi connectivity index (χ4v) is 3.67. The molecule has 1 aliphatic rings. The van der Waals surface area contributed by atoms with Crippen LogP contribution in [0, 0.1) is 6.92 Å². The number of aliphatic carboxylic acids is 1. The molecule has 0 saturated carbocycles. The van der Waals surface area contributed by atoms with Gasteiger partial charge in [0.1, 0.15) is 0 Å². The Labute approximate surface area is 147 Å². The lowest BCUT2D eigenvalue weighted by molar-refractivity contribution is -0.136. The first-order chi connectivity index (χ1) is 12.1. The van der Waals surface area contributed by atoms with Crippen LogP contribution in [0.2, 0.25) is 0 Å². The topological polar surface area (TPSA) is 40.5 Å². The van der Waals surface area contributed by atoms with Crippen molar-refractivity contribution in [2.45, 2.75) is 19.8 Å². The number of nitrogens with zero attached hydrogens (tertiary/aromatic N) is 1. The Morgan fingerprint density at radius 1 is 1.08 bits per heavy atom. The van der Waals surface area contributed by atoms with Gasteiger partial charge in [-0.1, -0.05) is 42.5 Å². The summed E-state index contributed by atoms with van der Waals surface area (Å²) >= 11 is 0. The molecule has 0 aliphatic carbocycles. The van der Waals surface area contributed by atoms with Crippen LogP contribution in [0.1, 0.15) is 17.5 Å². The summed E-state index contributed by atoms with van der Waals surface area (Å²) in [5, 5.41) is 11.7. The largest absolute Gasteiger partial charge is 0.481 e. The molecule has 0 spiro atoms. The summed E-state index contributed by atoms with van der Waals surface area (Å²) in [4.78, 5) is 13.8. The minimum Gasteiger partial charge on any atom is -0.481 e. The van der Waals surface area contributed by atoms with E-state index in [2.05, 4.69) is 47.4 Å². The number of hydrogen-bond donors (Lipinski definition) is 1. The highest BCUT2D eigenvalue weighted by molar-refractivity contribution is 6.00. The number of aryl methyl sites for hydroxylation is 1. The third-order valence-corrected chi connectivity index (χ3v) is 5.06. The number of rotatable bonds is 4. The van der Waals surface area contributed by atoms with Crippen LogP contribution in [0.15, 0.2) is 54.6 Å². The number of benzene rings is 3. The summed E-state index contributed by atoms with van der Waals surface area (Å²) in [5.74, 6) is -0.793. The van der Waals surface area contributed by atoms with Crippen LogP contribution in [0.25, 0.3) is 21.9 Å². The molecule has 1 N–H and O–H groups in total. The third-order valence-electron chi connectivity index (χ3n) is 5.06. The minimum atomic E-state index is -0.793. The Morgan fingerprint density at radius 2 is 1.88 bits per heavy atom. The van der Waals surface area contributed by atoms with Crippen LogP contribution in [0.5, 0.6) is 0 Å². The number of carboxylic acids is 1. The van der Waals surface area contributed by atoms with Gasteiger partial charge in [0.25, 0.3) is 0 Å². The molecule has 3 aromatic rings. The Balaban J connectivity index is 1.96. The van der Waals surface area contributed by atoms with Crippen molar-refractivity contribution in [2.75, 3.05) is 18.0 Å². The number of carbonyl (C=O) groups is 1. The van der Waals surface area contributed by atoms with E-state index < -0.39 is 5.97 Å². The molecular formula is C22H21NO2. The molecule has 0 radical (unpaired) electrons. The molecule has 126 valence electrons. The van der Waals surface area contributed by atoms with Gasteiger partial charge in [-0.2, -0.15) is 0 Å². The molecule has 1 aliphatic heterocycles. The Bertz CT molecular complexity index is 957. The first kappa shape index (κ1) is 15.7. The Hall–Kier alpha value is -2.81. The molecule has 1 heterocycles. The summed E-state index contributed by atoms with van der Waals surface area (Å²) in [6.45, 7) is 4.20. The van der Waals surface area contributed by atoms with Gasteiger partial charge >= 0.3 is 5.97 Å². The average Bonchev–Trinajstić information content (AvgIpc) is 2.54. The van der Waals surface area contributed by atoms with E-state index >= 15 is 0 Å². The summed E-state index contributed by atoms with van der Waals surface area (Å²) < 4.78 is 0. The van der Waals surface area contributed by atoms with Crippen molar-refractivity contribution in [3.05, 3.63) is 65.7 Å². The highest BCUT2D eigenvalue weighted by atomic mass is 16.4. The number of fused-ring (bicyclic) bond motifs is 1. The summed E-state index contributed by atoms with van der Waals surface area (Å²) in [7, 11) is 0. The molecule has 0 unspecified atom stereocenters. The summed E-state index contributed by atoms with van der Waals surface area (Å²) in [6, 6.07) is 18.8. The predicted octanol–water partition coefficient (Wildman–Crippen LogP) is 4.65. The quantitative estimate of drug-likeness (QED) is 0.756. The highest BCUT2D eigenvalue weighted by Crippen LogP contribution is 2.37. The standard InChI is InChI=1S/C22H21NO2/c1-15-12-16-6-2-3-9-19(16)22(20(15)14-21(24)25)17-7-4-8-18(13-17)23-10-5-11-23/h2-4,6-9,12-13H,5,10-11,14H2,1H3,(H,24,25). The highest BCUT2D eigenvalue weighted by Gasteiger charge is 2.18. The lowest BCUT2D eigenvalue weighted by Crippen LogP contribution is -2.36. The zero-order valence-electron chi connectivity index (χ0n) is 14.3. The van der Waals surface area contributed by atoms with Crippen LogP contribution in [-0.2, 0) is 11.2 Å². The molecule has 4 rings (SSSR count). The first-order valence-corrected chi connectivity index (χ1v) is 8.72. The van der Waals surface area contributed by atoms with Crippen molar-refractivity contribution >= 4 is 22.4 Å². The van der Waals surface area contributed by atoms with Crippen molar-refractivity contribution in [2.24, 2.45) is 0 Å². The second-order valence-corrected chi connectivity index (χ2v) is 6.73. The second kappa shape index (κ2) is 6.25. The van der Waals surface area contributed by atoms with Gasteiger partial charge in [0, 0.05) is 18.8 Å². The molecule has 1 saturated heterocycles. The summed E-state index contributed by atoms with van der Waals surface area (Å²) in [5.41, 5.74) is 5.31. The monoisotopic (exact) mass is 331 g/mol. The van der Waals surface area contributed by atoms with E-state index in [1.807, 2.05) is 19.1 Å². The average molecular weight is 331 g/mol. The number of carboxylic acid groups (broad SMARTS) is 1. The molecule has 0 atom stereocenters. The van der Waals surface area contributed by atoms with Crippen LogP contribution < -0.4 is 4.90 Å². The maximum Gasteiger partial charge on any atom is 0.307 e. The van der Waals surface area contributed by atoms with Gasteiger partial charge in [-0.15, -0.1) is 0 Å². The molecule has 0 amide bonds. The summed E-state index contributed by atoms with van der Waals surface area (Å²) in [6.07, 6.45) is 1.28. The van der Waals surface area contributed by atoms with Crippen molar-refractivity contribution in [1.29, 1.82) is 0 Å².